The van der Waals surface area contributed by atoms with Crippen molar-refractivity contribution >= 4 is 34.9 Å². The van der Waals surface area contributed by atoms with Gasteiger partial charge in [0.05, 0.1) is 23.1 Å². The minimum absolute atomic E-state index is 0.114. The molecule has 8 nitrogen and oxygen atoms in total. The first-order chi connectivity index (χ1) is 14.9. The average molecular weight is 424 g/mol. The summed E-state index contributed by atoms with van der Waals surface area (Å²) in [4.78, 5) is 37.2. The number of aromatic nitrogens is 2. The fourth-order valence-electron chi connectivity index (χ4n) is 4.74. The number of carbonyl (C=O) groups excluding carboxylic acids is 1. The van der Waals surface area contributed by atoms with Gasteiger partial charge in [-0.3, -0.25) is 4.79 Å². The van der Waals surface area contributed by atoms with Crippen LogP contribution in [0.15, 0.2) is 24.5 Å². The highest BCUT2D eigenvalue weighted by Crippen LogP contribution is 2.41. The van der Waals surface area contributed by atoms with Crippen LogP contribution in [0.4, 0.5) is 23.0 Å². The number of rotatable bonds is 6. The molecule has 31 heavy (non-hydrogen) atoms. The van der Waals surface area contributed by atoms with Gasteiger partial charge in [-0.25, -0.2) is 14.8 Å². The lowest BCUT2D eigenvalue weighted by Gasteiger charge is -2.44. The number of fused-ring (bicyclic) bond motifs is 1. The van der Waals surface area contributed by atoms with Crippen molar-refractivity contribution in [1.29, 1.82) is 0 Å². The van der Waals surface area contributed by atoms with E-state index in [2.05, 4.69) is 27.1 Å². The van der Waals surface area contributed by atoms with Crippen molar-refractivity contribution in [3.63, 3.8) is 0 Å². The van der Waals surface area contributed by atoms with E-state index in [1.54, 1.807) is 17.2 Å². The first kappa shape index (κ1) is 21.1. The Morgan fingerprint density at radius 3 is 2.55 bits per heavy atom. The van der Waals surface area contributed by atoms with Crippen LogP contribution in [0.3, 0.4) is 0 Å². The van der Waals surface area contributed by atoms with Gasteiger partial charge >= 0.3 is 5.97 Å². The van der Waals surface area contributed by atoms with Gasteiger partial charge in [0.25, 0.3) is 0 Å². The smallest absolute Gasteiger partial charge is 0.337 e. The molecular weight excluding hydrogens is 394 g/mol. The number of amides is 1. The lowest BCUT2D eigenvalue weighted by atomic mass is 10.0. The molecular formula is C23H29N5O3. The Morgan fingerprint density at radius 2 is 1.90 bits per heavy atom. The van der Waals surface area contributed by atoms with Gasteiger partial charge in [-0.15, -0.1) is 0 Å². The molecule has 3 heterocycles. The Bertz CT molecular complexity index is 1000. The van der Waals surface area contributed by atoms with E-state index in [9.17, 15) is 14.7 Å². The Morgan fingerprint density at radius 1 is 1.16 bits per heavy atom. The predicted octanol–water partition coefficient (Wildman–Crippen LogP) is 3.98. The first-order valence-electron chi connectivity index (χ1n) is 11.0. The summed E-state index contributed by atoms with van der Waals surface area (Å²) in [5, 5.41) is 12.5. The molecule has 1 amide bonds. The van der Waals surface area contributed by atoms with E-state index in [1.165, 1.54) is 19.0 Å². The third kappa shape index (κ3) is 3.82. The summed E-state index contributed by atoms with van der Waals surface area (Å²) >= 11 is 0. The van der Waals surface area contributed by atoms with Crippen LogP contribution in [0.1, 0.15) is 61.9 Å². The third-order valence-electron chi connectivity index (χ3n) is 6.40. The van der Waals surface area contributed by atoms with E-state index in [0.29, 0.717) is 24.1 Å². The lowest BCUT2D eigenvalue weighted by molar-refractivity contribution is -0.120. The normalized spacial score (nSPS) is 18.9. The largest absolute Gasteiger partial charge is 0.478 e. The molecule has 2 N–H and O–H groups in total. The molecule has 0 aromatic carbocycles. The molecule has 8 heteroatoms. The molecule has 1 aliphatic heterocycles. The van der Waals surface area contributed by atoms with Crippen LogP contribution in [0, 0.1) is 0 Å². The van der Waals surface area contributed by atoms with Crippen LogP contribution in [-0.4, -0.2) is 46.1 Å². The molecule has 0 bridgehead atoms. The number of aromatic carboxylic acids is 1. The highest BCUT2D eigenvalue weighted by atomic mass is 16.4. The second-order valence-corrected chi connectivity index (χ2v) is 8.24. The number of aryl methyl sites for hydroxylation is 1. The van der Waals surface area contributed by atoms with Crippen molar-refractivity contribution < 1.29 is 14.7 Å². The maximum atomic E-state index is 13.0. The molecule has 164 valence electrons. The van der Waals surface area contributed by atoms with Crippen LogP contribution in [0.25, 0.3) is 0 Å². The summed E-state index contributed by atoms with van der Waals surface area (Å²) in [5.74, 6) is 0.346. The quantitative estimate of drug-likeness (QED) is 0.725. The molecule has 0 spiro atoms. The monoisotopic (exact) mass is 423 g/mol. The molecule has 0 radical (unpaired) electrons. The number of nitrogens with zero attached hydrogens (tertiary/aromatic N) is 4. The Kier molecular flexibility index (Phi) is 5.80. The molecule has 4 rings (SSSR count). The number of carbonyl (C=O) groups is 2. The minimum atomic E-state index is -0.994. The minimum Gasteiger partial charge on any atom is -0.478 e. The second-order valence-electron chi connectivity index (χ2n) is 8.24. The number of hydrogen-bond acceptors (Lipinski definition) is 6. The topological polar surface area (TPSA) is 98.7 Å². The van der Waals surface area contributed by atoms with Gasteiger partial charge in [-0.1, -0.05) is 26.7 Å². The third-order valence-corrected chi connectivity index (χ3v) is 6.40. The van der Waals surface area contributed by atoms with Crippen LogP contribution in [-0.2, 0) is 11.2 Å². The molecule has 1 unspecified atom stereocenters. The summed E-state index contributed by atoms with van der Waals surface area (Å²) in [6.07, 6.45) is 9.05. The maximum absolute atomic E-state index is 13.0. The van der Waals surface area contributed by atoms with Gasteiger partial charge in [-0.05, 0) is 37.3 Å². The number of nitrogens with one attached hydrogen (secondary N) is 1. The van der Waals surface area contributed by atoms with E-state index >= 15 is 0 Å². The highest BCUT2D eigenvalue weighted by molar-refractivity contribution is 6.05. The fraction of sp³-hybridized carbons (Fsp3) is 0.478. The predicted molar refractivity (Wildman–Crippen MR) is 120 cm³/mol. The Labute approximate surface area is 182 Å². The molecule has 1 fully saturated rings. The van der Waals surface area contributed by atoms with Crippen molar-refractivity contribution in [2.45, 2.75) is 64.5 Å². The standard InChI is InChI=1S/C23H29N5O3/c1-4-14-10-15(23(30)31)12-25-21(14)26-20-11-18-19(13-24-20)27(3)22(29)17(5-2)28(18)16-8-6-7-9-16/h10-13,16-17H,4-9H2,1-3H3,(H,30,31)(H,24,25,26). The number of pyridine rings is 2. The zero-order valence-electron chi connectivity index (χ0n) is 18.3. The van der Waals surface area contributed by atoms with E-state index in [0.717, 1.165) is 36.2 Å². The molecule has 2 aromatic rings. The Hall–Kier alpha value is -3.16. The summed E-state index contributed by atoms with van der Waals surface area (Å²) in [5.41, 5.74) is 2.81. The van der Waals surface area contributed by atoms with Crippen LogP contribution in [0.5, 0.6) is 0 Å². The number of carboxylic acid groups (broad SMARTS) is 1. The van der Waals surface area contributed by atoms with Crippen molar-refractivity contribution in [1.82, 2.24) is 9.97 Å². The average Bonchev–Trinajstić information content (AvgIpc) is 3.30. The summed E-state index contributed by atoms with van der Waals surface area (Å²) in [6, 6.07) is 3.82. The van der Waals surface area contributed by atoms with Crippen molar-refractivity contribution in [2.75, 3.05) is 22.2 Å². The number of likely N-dealkylation sites (N-methyl/N-ethyl adjacent to an activating group) is 1. The molecule has 1 saturated carbocycles. The zero-order valence-corrected chi connectivity index (χ0v) is 18.3. The van der Waals surface area contributed by atoms with E-state index in [1.807, 2.05) is 20.0 Å². The molecule has 0 saturated heterocycles. The summed E-state index contributed by atoms with van der Waals surface area (Å²) in [6.45, 7) is 4.02. The zero-order chi connectivity index (χ0) is 22.1. The number of hydrogen-bond donors (Lipinski definition) is 2. The van der Waals surface area contributed by atoms with E-state index < -0.39 is 5.97 Å². The molecule has 1 aliphatic carbocycles. The van der Waals surface area contributed by atoms with E-state index in [-0.39, 0.29) is 17.5 Å². The summed E-state index contributed by atoms with van der Waals surface area (Å²) < 4.78 is 0. The van der Waals surface area contributed by atoms with Crippen LogP contribution < -0.4 is 15.1 Å². The Balaban J connectivity index is 1.72. The highest BCUT2D eigenvalue weighted by Gasteiger charge is 2.40. The van der Waals surface area contributed by atoms with Crippen molar-refractivity contribution in [2.24, 2.45) is 0 Å². The second kappa shape index (κ2) is 8.53. The van der Waals surface area contributed by atoms with Crippen molar-refractivity contribution in [3.8, 4) is 0 Å². The molecule has 2 aromatic heterocycles. The first-order valence-corrected chi connectivity index (χ1v) is 11.0. The lowest BCUT2D eigenvalue weighted by Crippen LogP contribution is -2.55. The van der Waals surface area contributed by atoms with Gasteiger partial charge < -0.3 is 20.2 Å². The van der Waals surface area contributed by atoms with E-state index in [4.69, 9.17) is 0 Å². The van der Waals surface area contributed by atoms with Crippen LogP contribution >= 0.6 is 0 Å². The number of carboxylic acids is 1. The number of anilines is 4. The van der Waals surface area contributed by atoms with Gasteiger partial charge in [0.1, 0.15) is 17.7 Å². The van der Waals surface area contributed by atoms with Crippen LogP contribution in [0.2, 0.25) is 0 Å². The van der Waals surface area contributed by atoms with Gasteiger partial charge in [0.2, 0.25) is 5.91 Å². The molecule has 1 atom stereocenters. The summed E-state index contributed by atoms with van der Waals surface area (Å²) in [7, 11) is 1.81. The van der Waals surface area contributed by atoms with Gasteiger partial charge in [-0.2, -0.15) is 0 Å². The van der Waals surface area contributed by atoms with Gasteiger partial charge in [0, 0.05) is 25.4 Å². The molecule has 2 aliphatic rings. The maximum Gasteiger partial charge on any atom is 0.337 e. The SMILES string of the molecule is CCc1cc(C(=O)O)cnc1Nc1cc2c(cn1)N(C)C(=O)C(CC)N2C1CCCC1. The fourth-order valence-corrected chi connectivity index (χ4v) is 4.74. The van der Waals surface area contributed by atoms with Gasteiger partial charge in [0.15, 0.2) is 0 Å². The van der Waals surface area contributed by atoms with Crippen molar-refractivity contribution in [3.05, 3.63) is 35.7 Å².